The Morgan fingerprint density at radius 3 is 2.32 bits per heavy atom. The number of aliphatic hydroxyl groups excluding tert-OH is 1. The number of hydrogen-bond acceptors (Lipinski definition) is 9. The number of ether oxygens (including phenoxy) is 4. The minimum absolute atomic E-state index is 0.0212. The van der Waals surface area contributed by atoms with Crippen molar-refractivity contribution in [2.75, 3.05) is 32.6 Å². The van der Waals surface area contributed by atoms with Crippen LogP contribution in [0, 0.1) is 0 Å². The molecule has 252 valence electrons. The van der Waals surface area contributed by atoms with E-state index >= 15 is 0 Å². The Labute approximate surface area is 275 Å². The lowest BCUT2D eigenvalue weighted by Gasteiger charge is -2.39. The van der Waals surface area contributed by atoms with Crippen LogP contribution >= 0.6 is 0 Å². The first-order chi connectivity index (χ1) is 22.9. The molecule has 0 aliphatic carbocycles. The molecule has 2 amide bonds. The zero-order chi connectivity index (χ0) is 33.2. The summed E-state index contributed by atoms with van der Waals surface area (Å²) in [6, 6.07) is 19.5. The van der Waals surface area contributed by atoms with Gasteiger partial charge in [-0.05, 0) is 65.8 Å². The summed E-state index contributed by atoms with van der Waals surface area (Å²) in [6.07, 6.45) is 3.07. The molecular weight excluding hydrogens is 602 g/mol. The van der Waals surface area contributed by atoms with E-state index in [1.54, 1.807) is 19.7 Å². The van der Waals surface area contributed by atoms with Gasteiger partial charge in [0.25, 0.3) is 0 Å². The van der Waals surface area contributed by atoms with Crippen LogP contribution in [0.3, 0.4) is 0 Å². The normalized spacial score (nSPS) is 19.4. The number of unbranched alkanes of at least 4 members (excludes halogenated alkanes) is 2. The largest absolute Gasteiger partial charge is 0.493 e. The second kappa shape index (κ2) is 16.7. The van der Waals surface area contributed by atoms with Gasteiger partial charge in [0.05, 0.1) is 33.0 Å². The summed E-state index contributed by atoms with van der Waals surface area (Å²) in [4.78, 5) is 26.2. The van der Waals surface area contributed by atoms with Gasteiger partial charge < -0.3 is 29.4 Å². The van der Waals surface area contributed by atoms with Gasteiger partial charge in [0.15, 0.2) is 17.8 Å². The summed E-state index contributed by atoms with van der Waals surface area (Å²) >= 11 is 0. The van der Waals surface area contributed by atoms with Crippen LogP contribution in [0.2, 0.25) is 0 Å². The molecule has 0 spiro atoms. The molecular formula is C36H45N3O8. The number of carbonyl (C=O) groups is 2. The zero-order valence-electron chi connectivity index (χ0n) is 27.1. The van der Waals surface area contributed by atoms with E-state index < -0.39 is 12.2 Å². The van der Waals surface area contributed by atoms with Gasteiger partial charge in [0, 0.05) is 50.1 Å². The Morgan fingerprint density at radius 1 is 0.894 bits per heavy atom. The topological polar surface area (TPSA) is 139 Å². The number of aliphatic hydroxyl groups is 1. The minimum atomic E-state index is -0.646. The summed E-state index contributed by atoms with van der Waals surface area (Å²) in [5.74, 6) is 0.932. The van der Waals surface area contributed by atoms with Crippen molar-refractivity contribution in [3.63, 3.8) is 0 Å². The van der Waals surface area contributed by atoms with Crippen molar-refractivity contribution in [1.82, 2.24) is 10.4 Å². The van der Waals surface area contributed by atoms with E-state index in [2.05, 4.69) is 22.3 Å². The summed E-state index contributed by atoms with van der Waals surface area (Å²) in [6.45, 7) is 2.36. The fourth-order valence-electron chi connectivity index (χ4n) is 6.21. The van der Waals surface area contributed by atoms with Crippen LogP contribution in [-0.2, 0) is 38.6 Å². The third kappa shape index (κ3) is 9.30. The van der Waals surface area contributed by atoms with Crippen molar-refractivity contribution in [3.05, 3.63) is 88.5 Å². The molecule has 5 rings (SSSR count). The van der Waals surface area contributed by atoms with Crippen molar-refractivity contribution < 1.29 is 38.9 Å². The molecule has 0 saturated carbocycles. The first-order valence-corrected chi connectivity index (χ1v) is 16.2. The number of anilines is 1. The minimum Gasteiger partial charge on any atom is -0.493 e. The molecule has 4 N–H and O–H groups in total. The highest BCUT2D eigenvalue weighted by atomic mass is 16.7. The van der Waals surface area contributed by atoms with Crippen molar-refractivity contribution in [3.8, 4) is 11.5 Å². The molecule has 11 nitrogen and oxygen atoms in total. The smallest absolute Gasteiger partial charge is 0.243 e. The Balaban J connectivity index is 1.27. The average Bonchev–Trinajstić information content (AvgIpc) is 3.10. The van der Waals surface area contributed by atoms with Crippen LogP contribution in [-0.4, -0.2) is 60.4 Å². The maximum absolute atomic E-state index is 12.6. The van der Waals surface area contributed by atoms with Gasteiger partial charge in [0.1, 0.15) is 0 Å². The number of rotatable bonds is 14. The average molecular weight is 648 g/mol. The van der Waals surface area contributed by atoms with E-state index in [9.17, 15) is 14.7 Å². The number of hydrogen-bond donors (Lipinski definition) is 4. The molecule has 0 aromatic heterocycles. The summed E-state index contributed by atoms with van der Waals surface area (Å²) in [7, 11) is 3.31. The van der Waals surface area contributed by atoms with E-state index in [4.69, 9.17) is 24.2 Å². The lowest BCUT2D eigenvalue weighted by molar-refractivity contribution is -0.253. The quantitative estimate of drug-likeness (QED) is 0.106. The number of nitrogens with zero attached hydrogens (tertiary/aromatic N) is 1. The Kier molecular flexibility index (Phi) is 12.2. The molecule has 0 unspecified atom stereocenters. The summed E-state index contributed by atoms with van der Waals surface area (Å²) in [5.41, 5.74) is 7.42. The lowest BCUT2D eigenvalue weighted by atomic mass is 9.97. The lowest BCUT2D eigenvalue weighted by Crippen LogP contribution is -2.41. The maximum Gasteiger partial charge on any atom is 0.243 e. The van der Waals surface area contributed by atoms with E-state index in [-0.39, 0.29) is 31.1 Å². The Morgan fingerprint density at radius 2 is 1.62 bits per heavy atom. The van der Waals surface area contributed by atoms with E-state index in [1.165, 1.54) is 11.1 Å². The van der Waals surface area contributed by atoms with Gasteiger partial charge in [-0.2, -0.15) is 0 Å². The highest BCUT2D eigenvalue weighted by Crippen LogP contribution is 2.39. The number of benzene rings is 3. The van der Waals surface area contributed by atoms with Gasteiger partial charge in [-0.15, -0.1) is 0 Å². The second-order valence-corrected chi connectivity index (χ2v) is 12.1. The van der Waals surface area contributed by atoms with E-state index in [0.29, 0.717) is 37.8 Å². The van der Waals surface area contributed by atoms with Crippen LogP contribution in [0.15, 0.2) is 60.7 Å². The molecule has 3 atom stereocenters. The van der Waals surface area contributed by atoms with Gasteiger partial charge in [-0.25, -0.2) is 5.48 Å². The number of hydroxylamine groups is 1. The molecule has 0 radical (unpaired) electrons. The second-order valence-electron chi connectivity index (χ2n) is 12.1. The van der Waals surface area contributed by atoms with Gasteiger partial charge in [-0.3, -0.25) is 19.7 Å². The first-order valence-electron chi connectivity index (χ1n) is 16.2. The number of amides is 2. The van der Waals surface area contributed by atoms with Crippen LogP contribution in [0.4, 0.5) is 5.69 Å². The van der Waals surface area contributed by atoms with Crippen molar-refractivity contribution in [2.24, 2.45) is 0 Å². The summed E-state index contributed by atoms with van der Waals surface area (Å²) in [5, 5.41) is 21.1. The first kappa shape index (κ1) is 34.3. The van der Waals surface area contributed by atoms with Gasteiger partial charge in [-0.1, -0.05) is 42.8 Å². The molecule has 3 aromatic carbocycles. The monoisotopic (exact) mass is 647 g/mol. The number of nitrogens with one attached hydrogen (secondary N) is 2. The molecule has 1 saturated heterocycles. The molecule has 11 heteroatoms. The molecule has 47 heavy (non-hydrogen) atoms. The SMILES string of the molecule is COc1cc2c(cc1OC)CN(C[C@@H]1C[C@H](c3ccc(CO)cc3)O[C@H](c3cccc(NC(=O)CCCCCC(=O)NO)c3)O1)CC2. The van der Waals surface area contributed by atoms with Gasteiger partial charge >= 0.3 is 0 Å². The van der Waals surface area contributed by atoms with Crippen molar-refractivity contribution in [1.29, 1.82) is 0 Å². The van der Waals surface area contributed by atoms with Crippen LogP contribution in [0.5, 0.6) is 11.5 Å². The maximum atomic E-state index is 12.6. The fourth-order valence-corrected chi connectivity index (χ4v) is 6.21. The van der Waals surface area contributed by atoms with Crippen LogP contribution < -0.4 is 20.3 Å². The van der Waals surface area contributed by atoms with Crippen molar-refractivity contribution in [2.45, 2.75) is 76.6 Å². The van der Waals surface area contributed by atoms with Crippen LogP contribution in [0.25, 0.3) is 0 Å². The van der Waals surface area contributed by atoms with Gasteiger partial charge in [0.2, 0.25) is 11.8 Å². The Bertz CT molecular complexity index is 1500. The predicted octanol–water partition coefficient (Wildman–Crippen LogP) is 5.19. The molecule has 2 aliphatic rings. The Hall–Kier alpha value is -4.00. The highest BCUT2D eigenvalue weighted by molar-refractivity contribution is 5.90. The molecule has 1 fully saturated rings. The standard InChI is InChI=1S/C36H45N3O8/c1-44-32-18-26-15-16-39(21-28(26)19-33(32)45-2)22-30-20-31(25-13-11-24(23-40)12-14-25)47-36(46-30)27-7-6-8-29(17-27)37-34(41)9-4-3-5-10-35(42)38-43/h6-8,11-14,17-19,30-31,36,40,43H,3-5,9-10,15-16,20-23H2,1-2H3,(H,37,41)(H,38,42)/t30-,31+,36+/m0/s1. The third-order valence-electron chi connectivity index (χ3n) is 8.75. The number of fused-ring (bicyclic) bond motifs is 1. The predicted molar refractivity (Wildman–Crippen MR) is 175 cm³/mol. The highest BCUT2D eigenvalue weighted by Gasteiger charge is 2.34. The summed E-state index contributed by atoms with van der Waals surface area (Å²) < 4.78 is 24.2. The third-order valence-corrected chi connectivity index (χ3v) is 8.75. The number of methoxy groups -OCH3 is 2. The van der Waals surface area contributed by atoms with Crippen molar-refractivity contribution >= 4 is 17.5 Å². The number of carbonyl (C=O) groups excluding carboxylic acids is 2. The van der Waals surface area contributed by atoms with E-state index in [0.717, 1.165) is 54.2 Å². The molecule has 2 aliphatic heterocycles. The van der Waals surface area contributed by atoms with Crippen LogP contribution in [0.1, 0.15) is 78.7 Å². The van der Waals surface area contributed by atoms with E-state index in [1.807, 2.05) is 48.5 Å². The zero-order valence-corrected chi connectivity index (χ0v) is 27.1. The molecule has 2 heterocycles. The molecule has 3 aromatic rings. The molecule has 0 bridgehead atoms. The fraction of sp³-hybridized carbons (Fsp3) is 0.444.